The average molecular weight is 438 g/mol. The molecule has 7 nitrogen and oxygen atoms in total. The summed E-state index contributed by atoms with van der Waals surface area (Å²) in [6.07, 6.45) is 0. The van der Waals surface area contributed by atoms with Gasteiger partial charge in [-0.05, 0) is 35.4 Å². The van der Waals surface area contributed by atoms with Crippen molar-refractivity contribution in [1.82, 2.24) is 9.36 Å². The Morgan fingerprint density at radius 3 is 2.78 bits per heavy atom. The molecule has 0 spiro atoms. The molecule has 0 fully saturated rings. The van der Waals surface area contributed by atoms with E-state index in [0.29, 0.717) is 22.0 Å². The lowest BCUT2D eigenvalue weighted by Crippen LogP contribution is -2.20. The quantitative estimate of drug-likeness (QED) is 0.321. The predicted octanol–water partition coefficient (Wildman–Crippen LogP) is 4.56. The van der Waals surface area contributed by atoms with Gasteiger partial charge in [-0.15, -0.1) is 0 Å². The van der Waals surface area contributed by atoms with Gasteiger partial charge < -0.3 is 4.74 Å². The zero-order valence-electron chi connectivity index (χ0n) is 14.1. The number of nitrogens with zero attached hydrogens (tertiary/aromatic N) is 5. The molecule has 0 amide bonds. The van der Waals surface area contributed by atoms with Crippen LogP contribution >= 0.6 is 15.9 Å². The molecule has 0 aliphatic rings. The second-order valence-electron chi connectivity index (χ2n) is 5.76. The van der Waals surface area contributed by atoms with Gasteiger partial charge in [0.25, 0.3) is 5.56 Å². The highest BCUT2D eigenvalue weighted by Gasteiger charge is 2.15. The SMILES string of the molecule is Cn1c(=O)c2ccc(Br)cc2n1Cc1cc(CN=[N+]=[N-])ccc1OC(F)F. The molecule has 0 N–H and O–H groups in total. The topological polar surface area (TPSA) is 84.9 Å². The van der Waals surface area contributed by atoms with E-state index < -0.39 is 6.61 Å². The van der Waals surface area contributed by atoms with Crippen molar-refractivity contribution in [2.45, 2.75) is 19.7 Å². The fraction of sp³-hybridized carbons (Fsp3) is 0.235. The van der Waals surface area contributed by atoms with Crippen LogP contribution in [0.2, 0.25) is 0 Å². The van der Waals surface area contributed by atoms with E-state index in [4.69, 9.17) is 5.53 Å². The van der Waals surface area contributed by atoms with E-state index in [1.54, 1.807) is 42.1 Å². The van der Waals surface area contributed by atoms with Crippen LogP contribution in [0.1, 0.15) is 11.1 Å². The molecule has 1 heterocycles. The van der Waals surface area contributed by atoms with Crippen LogP contribution in [0, 0.1) is 0 Å². The van der Waals surface area contributed by atoms with Crippen molar-refractivity contribution in [3.8, 4) is 5.75 Å². The molecule has 140 valence electrons. The molecule has 3 rings (SSSR count). The Bertz CT molecular complexity index is 1100. The summed E-state index contributed by atoms with van der Waals surface area (Å²) >= 11 is 3.38. The van der Waals surface area contributed by atoms with Crippen molar-refractivity contribution >= 4 is 26.8 Å². The van der Waals surface area contributed by atoms with Crippen molar-refractivity contribution in [2.75, 3.05) is 0 Å². The maximum atomic E-state index is 12.8. The Balaban J connectivity index is 2.12. The van der Waals surface area contributed by atoms with Gasteiger partial charge in [0, 0.05) is 22.0 Å². The molecule has 0 atom stereocenters. The van der Waals surface area contributed by atoms with E-state index in [-0.39, 0.29) is 24.4 Å². The molecule has 0 saturated heterocycles. The third kappa shape index (κ3) is 3.96. The number of hydrogen-bond donors (Lipinski definition) is 0. The van der Waals surface area contributed by atoms with Crippen LogP contribution < -0.4 is 10.3 Å². The molecule has 0 aliphatic carbocycles. The first-order valence-electron chi connectivity index (χ1n) is 7.83. The number of azide groups is 1. The molecule has 0 bridgehead atoms. The molecule has 0 radical (unpaired) electrons. The maximum absolute atomic E-state index is 12.8. The minimum Gasteiger partial charge on any atom is -0.434 e. The minimum atomic E-state index is -2.98. The molecule has 2 aromatic carbocycles. The summed E-state index contributed by atoms with van der Waals surface area (Å²) in [6.45, 7) is -2.78. The van der Waals surface area contributed by atoms with Gasteiger partial charge >= 0.3 is 6.61 Å². The Morgan fingerprint density at radius 1 is 1.30 bits per heavy atom. The van der Waals surface area contributed by atoms with E-state index in [2.05, 4.69) is 30.7 Å². The van der Waals surface area contributed by atoms with Crippen LogP contribution in [0.5, 0.6) is 5.75 Å². The van der Waals surface area contributed by atoms with Gasteiger partial charge in [0.05, 0.1) is 24.0 Å². The van der Waals surface area contributed by atoms with Gasteiger partial charge in [0.1, 0.15) is 5.75 Å². The Labute approximate surface area is 160 Å². The molecule has 0 aliphatic heterocycles. The number of fused-ring (bicyclic) bond motifs is 1. The lowest BCUT2D eigenvalue weighted by atomic mass is 10.1. The van der Waals surface area contributed by atoms with Crippen molar-refractivity contribution in [2.24, 2.45) is 12.2 Å². The molecule has 3 aromatic rings. The van der Waals surface area contributed by atoms with Gasteiger partial charge in [-0.25, -0.2) is 0 Å². The smallest absolute Gasteiger partial charge is 0.387 e. The summed E-state index contributed by atoms with van der Waals surface area (Å²) in [5.74, 6) is -0.000942. The van der Waals surface area contributed by atoms with Gasteiger partial charge in [-0.2, -0.15) is 8.78 Å². The van der Waals surface area contributed by atoms with Gasteiger partial charge in [-0.3, -0.25) is 14.2 Å². The van der Waals surface area contributed by atoms with Crippen molar-refractivity contribution in [1.29, 1.82) is 0 Å². The van der Waals surface area contributed by atoms with Crippen LogP contribution in [0.4, 0.5) is 8.78 Å². The summed E-state index contributed by atoms with van der Waals surface area (Å²) in [5, 5.41) is 4.00. The summed E-state index contributed by atoms with van der Waals surface area (Å²) in [5.41, 5.74) is 10.0. The lowest BCUT2D eigenvalue weighted by molar-refractivity contribution is -0.0505. The summed E-state index contributed by atoms with van der Waals surface area (Å²) in [7, 11) is 1.60. The first kappa shape index (κ1) is 18.9. The first-order chi connectivity index (χ1) is 12.9. The standard InChI is InChI=1S/C17H14BrF2N5O2/c1-24-16(26)13-4-3-12(18)7-14(13)25(24)9-11-6-10(8-22-23-21)2-5-15(11)27-17(19)20/h2-7,17H,8-9H2,1H3. The van der Waals surface area contributed by atoms with Crippen LogP contribution in [0.25, 0.3) is 21.3 Å². The average Bonchev–Trinajstić information content (AvgIpc) is 2.85. The Morgan fingerprint density at radius 2 is 2.07 bits per heavy atom. The van der Waals surface area contributed by atoms with Crippen molar-refractivity contribution in [3.63, 3.8) is 0 Å². The number of alkyl halides is 2. The number of benzene rings is 2. The number of rotatable bonds is 6. The number of aromatic nitrogens is 2. The van der Waals surface area contributed by atoms with Gasteiger partial charge in [0.2, 0.25) is 0 Å². The third-order valence-electron chi connectivity index (χ3n) is 4.10. The van der Waals surface area contributed by atoms with E-state index in [0.717, 1.165) is 4.47 Å². The molecular formula is C17H14BrF2N5O2. The fourth-order valence-corrected chi connectivity index (χ4v) is 3.23. The fourth-order valence-electron chi connectivity index (χ4n) is 2.88. The summed E-state index contributed by atoms with van der Waals surface area (Å²) in [6, 6.07) is 9.84. The molecule has 10 heteroatoms. The van der Waals surface area contributed by atoms with Crippen LogP contribution in [-0.4, -0.2) is 16.0 Å². The van der Waals surface area contributed by atoms with Gasteiger partial charge in [-0.1, -0.05) is 33.2 Å². The second kappa shape index (κ2) is 7.81. The zero-order valence-corrected chi connectivity index (χ0v) is 15.7. The number of halogens is 3. The van der Waals surface area contributed by atoms with E-state index in [1.165, 1.54) is 10.7 Å². The number of ether oxygens (including phenoxy) is 1. The highest BCUT2D eigenvalue weighted by atomic mass is 79.9. The molecular weight excluding hydrogens is 424 g/mol. The van der Waals surface area contributed by atoms with Crippen LogP contribution in [0.3, 0.4) is 0 Å². The minimum absolute atomic E-state index is 0.000942. The molecule has 27 heavy (non-hydrogen) atoms. The third-order valence-corrected chi connectivity index (χ3v) is 4.60. The Hall–Kier alpha value is -2.84. The molecule has 0 saturated carbocycles. The largest absolute Gasteiger partial charge is 0.434 e. The zero-order chi connectivity index (χ0) is 19.6. The van der Waals surface area contributed by atoms with E-state index in [9.17, 15) is 13.6 Å². The van der Waals surface area contributed by atoms with Gasteiger partial charge in [0.15, 0.2) is 0 Å². The maximum Gasteiger partial charge on any atom is 0.387 e. The lowest BCUT2D eigenvalue weighted by Gasteiger charge is -2.15. The number of hydrogen-bond acceptors (Lipinski definition) is 3. The van der Waals surface area contributed by atoms with Crippen molar-refractivity contribution in [3.05, 3.63) is 72.8 Å². The van der Waals surface area contributed by atoms with E-state index >= 15 is 0 Å². The van der Waals surface area contributed by atoms with E-state index in [1.807, 2.05) is 0 Å². The van der Waals surface area contributed by atoms with Crippen LogP contribution in [0.15, 0.2) is 50.8 Å². The summed E-state index contributed by atoms with van der Waals surface area (Å²) < 4.78 is 34.0. The monoisotopic (exact) mass is 437 g/mol. The highest BCUT2D eigenvalue weighted by Crippen LogP contribution is 2.26. The molecule has 0 unspecified atom stereocenters. The molecule has 1 aromatic heterocycles. The van der Waals surface area contributed by atoms with Crippen molar-refractivity contribution < 1.29 is 13.5 Å². The normalized spacial score (nSPS) is 11.0. The first-order valence-corrected chi connectivity index (χ1v) is 8.62. The summed E-state index contributed by atoms with van der Waals surface area (Å²) in [4.78, 5) is 15.1. The Kier molecular flexibility index (Phi) is 5.48. The predicted molar refractivity (Wildman–Crippen MR) is 99.9 cm³/mol. The highest BCUT2D eigenvalue weighted by molar-refractivity contribution is 9.10. The van der Waals surface area contributed by atoms with Crippen LogP contribution in [-0.2, 0) is 20.1 Å². The second-order valence-corrected chi connectivity index (χ2v) is 6.67.